The minimum Gasteiger partial charge on any atom is -0.489 e. The van der Waals surface area contributed by atoms with Gasteiger partial charge in [0.25, 0.3) is 5.91 Å². The molecular formula is C30H32F5N3O7S. The zero-order valence-electron chi connectivity index (χ0n) is 24.5. The number of ether oxygens (including phenoxy) is 3. The van der Waals surface area contributed by atoms with Gasteiger partial charge < -0.3 is 29.5 Å². The number of carbonyl (C=O) groups excluding carboxylic acids is 1. The Balaban J connectivity index is 1.44. The van der Waals surface area contributed by atoms with Gasteiger partial charge in [-0.3, -0.25) is 4.79 Å². The highest BCUT2D eigenvalue weighted by atomic mass is 32.2. The SMILES string of the molecule is CCS(=O)(=O)c1ccc([C@H](CCO)NC(=O)c2ccc(N3CC(Oc4ccc(OC(F)(F)F)cc4)C[C@H]3COC(F)F)nc2)cc1. The smallest absolute Gasteiger partial charge is 0.489 e. The highest BCUT2D eigenvalue weighted by Gasteiger charge is 2.35. The van der Waals surface area contributed by atoms with Crippen LogP contribution in [0.2, 0.25) is 0 Å². The third-order valence-electron chi connectivity index (χ3n) is 7.20. The Morgan fingerprint density at radius 3 is 2.30 bits per heavy atom. The van der Waals surface area contributed by atoms with Gasteiger partial charge in [0, 0.05) is 19.2 Å². The monoisotopic (exact) mass is 673 g/mol. The standard InChI is InChI=1S/C30H32F5N3O7S/c1-2-46(41,42)25-10-3-19(4-11-25)26(13-14-39)37-28(40)20-5-12-27(36-16-20)38-17-24(15-21(38)18-43-29(31)32)44-22-6-8-23(9-7-22)45-30(33,34)35/h3-12,16,21,24,26,29,39H,2,13-15,17-18H2,1H3,(H,37,40)/t21-,24?,26-/m0/s1. The van der Waals surface area contributed by atoms with Crippen LogP contribution in [0.4, 0.5) is 27.8 Å². The number of halogens is 5. The molecule has 1 amide bonds. The van der Waals surface area contributed by atoms with E-state index in [2.05, 4.69) is 19.8 Å². The molecular weight excluding hydrogens is 641 g/mol. The molecule has 1 aromatic heterocycles. The second-order valence-corrected chi connectivity index (χ2v) is 12.6. The number of nitrogens with one attached hydrogen (secondary N) is 1. The molecule has 0 spiro atoms. The summed E-state index contributed by atoms with van der Waals surface area (Å²) in [5.41, 5.74) is 0.764. The predicted octanol–water partition coefficient (Wildman–Crippen LogP) is 4.89. The van der Waals surface area contributed by atoms with E-state index in [1.54, 1.807) is 17.0 Å². The maximum atomic E-state index is 13.1. The summed E-state index contributed by atoms with van der Waals surface area (Å²) in [5, 5.41) is 12.4. The summed E-state index contributed by atoms with van der Waals surface area (Å²) < 4.78 is 102. The van der Waals surface area contributed by atoms with Gasteiger partial charge in [0.1, 0.15) is 23.4 Å². The summed E-state index contributed by atoms with van der Waals surface area (Å²) in [6.07, 6.45) is -3.70. The maximum absolute atomic E-state index is 13.1. The fraction of sp³-hybridized carbons (Fsp3) is 0.400. The number of amides is 1. The fourth-order valence-electron chi connectivity index (χ4n) is 4.95. The lowest BCUT2D eigenvalue weighted by atomic mass is 10.0. The van der Waals surface area contributed by atoms with Crippen LogP contribution in [-0.2, 0) is 14.6 Å². The predicted molar refractivity (Wildman–Crippen MR) is 156 cm³/mol. The molecule has 1 fully saturated rings. The van der Waals surface area contributed by atoms with E-state index >= 15 is 0 Å². The van der Waals surface area contributed by atoms with Gasteiger partial charge in [-0.1, -0.05) is 19.1 Å². The molecule has 46 heavy (non-hydrogen) atoms. The molecule has 0 bridgehead atoms. The van der Waals surface area contributed by atoms with E-state index in [1.807, 2.05) is 0 Å². The van der Waals surface area contributed by atoms with E-state index in [9.17, 15) is 40.3 Å². The van der Waals surface area contributed by atoms with Crippen LogP contribution in [-0.4, -0.2) is 75.0 Å². The van der Waals surface area contributed by atoms with Crippen LogP contribution in [0.5, 0.6) is 11.5 Å². The topological polar surface area (TPSA) is 127 Å². The zero-order valence-corrected chi connectivity index (χ0v) is 25.3. The summed E-state index contributed by atoms with van der Waals surface area (Å²) >= 11 is 0. The molecule has 2 heterocycles. The summed E-state index contributed by atoms with van der Waals surface area (Å²) in [4.78, 5) is 19.2. The van der Waals surface area contributed by atoms with Crippen molar-refractivity contribution in [3.05, 3.63) is 78.0 Å². The molecule has 16 heteroatoms. The van der Waals surface area contributed by atoms with Gasteiger partial charge in [-0.05, 0) is 60.5 Å². The molecule has 1 aliphatic heterocycles. The Morgan fingerprint density at radius 2 is 1.74 bits per heavy atom. The molecule has 1 aliphatic rings. The summed E-state index contributed by atoms with van der Waals surface area (Å²) in [6.45, 7) is -1.91. The number of pyridine rings is 1. The highest BCUT2D eigenvalue weighted by molar-refractivity contribution is 7.91. The first-order valence-corrected chi connectivity index (χ1v) is 15.8. The van der Waals surface area contributed by atoms with Crippen LogP contribution in [0.15, 0.2) is 71.8 Å². The number of aliphatic hydroxyl groups excluding tert-OH is 1. The van der Waals surface area contributed by atoms with E-state index in [0.29, 0.717) is 11.4 Å². The van der Waals surface area contributed by atoms with Gasteiger partial charge in [0.2, 0.25) is 0 Å². The molecule has 2 N–H and O–H groups in total. The number of rotatable bonds is 14. The Morgan fingerprint density at radius 1 is 1.07 bits per heavy atom. The van der Waals surface area contributed by atoms with Gasteiger partial charge in [-0.25, -0.2) is 13.4 Å². The van der Waals surface area contributed by atoms with Gasteiger partial charge in [-0.15, -0.1) is 13.2 Å². The van der Waals surface area contributed by atoms with Crippen LogP contribution in [0.25, 0.3) is 0 Å². The van der Waals surface area contributed by atoms with E-state index in [-0.39, 0.29) is 54.6 Å². The van der Waals surface area contributed by atoms with Crippen molar-refractivity contribution in [3.63, 3.8) is 0 Å². The van der Waals surface area contributed by atoms with Crippen molar-refractivity contribution in [1.29, 1.82) is 0 Å². The first-order valence-electron chi connectivity index (χ1n) is 14.2. The Bertz CT molecular complexity index is 1540. The molecule has 10 nitrogen and oxygen atoms in total. The first-order chi connectivity index (χ1) is 21.8. The van der Waals surface area contributed by atoms with Crippen molar-refractivity contribution in [1.82, 2.24) is 10.3 Å². The molecule has 1 saturated heterocycles. The average molecular weight is 674 g/mol. The number of benzene rings is 2. The van der Waals surface area contributed by atoms with Crippen LogP contribution in [0.1, 0.15) is 41.7 Å². The molecule has 0 radical (unpaired) electrons. The van der Waals surface area contributed by atoms with E-state index in [0.717, 1.165) is 12.1 Å². The zero-order chi connectivity index (χ0) is 33.5. The normalized spacial score (nSPS) is 17.6. The van der Waals surface area contributed by atoms with Crippen molar-refractivity contribution < 1.29 is 54.5 Å². The summed E-state index contributed by atoms with van der Waals surface area (Å²) in [7, 11) is -3.41. The number of aromatic nitrogens is 1. The average Bonchev–Trinajstić information content (AvgIpc) is 3.42. The number of anilines is 1. The van der Waals surface area contributed by atoms with Crippen molar-refractivity contribution in [2.24, 2.45) is 0 Å². The molecule has 3 atom stereocenters. The van der Waals surface area contributed by atoms with Crippen molar-refractivity contribution in [2.75, 3.05) is 30.4 Å². The van der Waals surface area contributed by atoms with E-state index < -0.39 is 52.7 Å². The molecule has 250 valence electrons. The number of nitrogens with zero attached hydrogens (tertiary/aromatic N) is 2. The van der Waals surface area contributed by atoms with Crippen molar-refractivity contribution >= 4 is 21.6 Å². The molecule has 1 unspecified atom stereocenters. The molecule has 0 aliphatic carbocycles. The maximum Gasteiger partial charge on any atom is 0.573 e. The lowest BCUT2D eigenvalue weighted by Crippen LogP contribution is -2.35. The van der Waals surface area contributed by atoms with Crippen LogP contribution in [0, 0.1) is 0 Å². The lowest BCUT2D eigenvalue weighted by molar-refractivity contribution is -0.274. The van der Waals surface area contributed by atoms with E-state index in [4.69, 9.17) is 4.74 Å². The number of aliphatic hydroxyl groups is 1. The summed E-state index contributed by atoms with van der Waals surface area (Å²) in [5.74, 6) is -0.406. The second-order valence-electron chi connectivity index (χ2n) is 10.3. The molecule has 2 aromatic carbocycles. The third-order valence-corrected chi connectivity index (χ3v) is 8.95. The van der Waals surface area contributed by atoms with Crippen LogP contribution < -0.4 is 19.7 Å². The third kappa shape index (κ3) is 9.50. The van der Waals surface area contributed by atoms with Gasteiger partial charge in [-0.2, -0.15) is 8.78 Å². The Kier molecular flexibility index (Phi) is 11.4. The molecule has 3 aromatic rings. The fourth-order valence-corrected chi connectivity index (χ4v) is 5.84. The quantitative estimate of drug-likeness (QED) is 0.230. The Hall–Kier alpha value is -4.02. The number of carbonyl (C=O) groups is 1. The van der Waals surface area contributed by atoms with E-state index in [1.165, 1.54) is 49.5 Å². The molecule has 0 saturated carbocycles. The Labute approximate surface area is 262 Å². The molecule has 4 rings (SSSR count). The summed E-state index contributed by atoms with van der Waals surface area (Å²) in [6, 6.07) is 12.6. The minimum atomic E-state index is -4.84. The van der Waals surface area contributed by atoms with Gasteiger partial charge in [0.15, 0.2) is 9.84 Å². The number of hydrogen-bond donors (Lipinski definition) is 2. The second kappa shape index (κ2) is 15.0. The lowest BCUT2D eigenvalue weighted by Gasteiger charge is -2.25. The van der Waals surface area contributed by atoms with Gasteiger partial charge in [0.05, 0.1) is 41.4 Å². The van der Waals surface area contributed by atoms with Crippen molar-refractivity contribution in [2.45, 2.75) is 55.8 Å². The van der Waals surface area contributed by atoms with Crippen molar-refractivity contribution in [3.8, 4) is 11.5 Å². The largest absolute Gasteiger partial charge is 0.573 e. The number of hydrogen-bond acceptors (Lipinski definition) is 9. The first kappa shape index (κ1) is 34.8. The minimum absolute atomic E-state index is 0.0603. The van der Waals surface area contributed by atoms with Crippen LogP contribution >= 0.6 is 0 Å². The van der Waals surface area contributed by atoms with Gasteiger partial charge >= 0.3 is 13.0 Å². The van der Waals surface area contributed by atoms with Crippen LogP contribution in [0.3, 0.4) is 0 Å². The highest BCUT2D eigenvalue weighted by Crippen LogP contribution is 2.30. The number of sulfone groups is 1. The number of alkyl halides is 5.